The third-order valence-electron chi connectivity index (χ3n) is 2.42. The van der Waals surface area contributed by atoms with Crippen LogP contribution < -0.4 is 19.9 Å². The molecule has 102 valence electrons. The Balaban J connectivity index is 3.40. The Labute approximate surface area is 102 Å². The molecule has 0 radical (unpaired) electrons. The molecule has 2 N–H and O–H groups in total. The Hall–Kier alpha value is -1.63. The first-order valence-electron chi connectivity index (χ1n) is 4.97. The van der Waals surface area contributed by atoms with Crippen molar-refractivity contribution in [2.45, 2.75) is 12.2 Å². The van der Waals surface area contributed by atoms with Crippen LogP contribution in [0.5, 0.6) is 17.2 Å². The Kier molecular flexibility index (Phi) is 4.28. The minimum atomic E-state index is -4.59. The zero-order chi connectivity index (χ0) is 13.9. The summed E-state index contributed by atoms with van der Waals surface area (Å²) in [6.45, 7) is 0. The normalized spacial score (nSPS) is 13.1. The average molecular weight is 265 g/mol. The van der Waals surface area contributed by atoms with Crippen molar-refractivity contribution in [3.05, 3.63) is 17.7 Å². The fourth-order valence-corrected chi connectivity index (χ4v) is 1.50. The van der Waals surface area contributed by atoms with Gasteiger partial charge in [-0.15, -0.1) is 0 Å². The van der Waals surface area contributed by atoms with Crippen LogP contribution in [-0.2, 0) is 0 Å². The highest BCUT2D eigenvalue weighted by Gasteiger charge is 2.41. The van der Waals surface area contributed by atoms with Crippen molar-refractivity contribution in [2.75, 3.05) is 21.3 Å². The Bertz CT molecular complexity index is 395. The van der Waals surface area contributed by atoms with E-state index in [0.717, 1.165) is 0 Å². The summed E-state index contributed by atoms with van der Waals surface area (Å²) in [5, 5.41) is 0. The lowest BCUT2D eigenvalue weighted by Gasteiger charge is -2.21. The molecule has 0 saturated heterocycles. The molecule has 1 rings (SSSR count). The number of hydrogen-bond donors (Lipinski definition) is 1. The van der Waals surface area contributed by atoms with Crippen LogP contribution in [-0.4, -0.2) is 27.5 Å². The fourth-order valence-electron chi connectivity index (χ4n) is 1.50. The van der Waals surface area contributed by atoms with Gasteiger partial charge in [-0.25, -0.2) is 0 Å². The van der Waals surface area contributed by atoms with Gasteiger partial charge in [0.25, 0.3) is 0 Å². The summed E-state index contributed by atoms with van der Waals surface area (Å²) in [7, 11) is 3.89. The highest BCUT2D eigenvalue weighted by atomic mass is 19.4. The second-order valence-electron chi connectivity index (χ2n) is 3.46. The van der Waals surface area contributed by atoms with E-state index in [9.17, 15) is 13.2 Å². The van der Waals surface area contributed by atoms with Gasteiger partial charge in [0.1, 0.15) is 23.3 Å². The first kappa shape index (κ1) is 14.4. The second-order valence-corrected chi connectivity index (χ2v) is 3.46. The number of halogens is 3. The van der Waals surface area contributed by atoms with Crippen molar-refractivity contribution >= 4 is 0 Å². The maximum Gasteiger partial charge on any atom is 0.407 e. The van der Waals surface area contributed by atoms with E-state index in [4.69, 9.17) is 19.9 Å². The number of nitrogens with two attached hydrogens (primary N) is 1. The van der Waals surface area contributed by atoms with Gasteiger partial charge in [0, 0.05) is 12.1 Å². The third kappa shape index (κ3) is 2.79. The lowest BCUT2D eigenvalue weighted by atomic mass is 10.0. The van der Waals surface area contributed by atoms with Gasteiger partial charge in [0.2, 0.25) is 0 Å². The first-order chi connectivity index (χ1) is 8.35. The van der Waals surface area contributed by atoms with Gasteiger partial charge in [-0.1, -0.05) is 0 Å². The number of alkyl halides is 3. The molecule has 0 aliphatic rings. The largest absolute Gasteiger partial charge is 0.496 e. The van der Waals surface area contributed by atoms with E-state index >= 15 is 0 Å². The Morgan fingerprint density at radius 2 is 1.44 bits per heavy atom. The highest BCUT2D eigenvalue weighted by molar-refractivity contribution is 5.52. The maximum absolute atomic E-state index is 12.7. The molecule has 7 heteroatoms. The van der Waals surface area contributed by atoms with Crippen LogP contribution >= 0.6 is 0 Å². The topological polar surface area (TPSA) is 53.7 Å². The first-order valence-corrected chi connectivity index (χ1v) is 4.97. The summed E-state index contributed by atoms with van der Waals surface area (Å²) >= 11 is 0. The summed E-state index contributed by atoms with van der Waals surface area (Å²) < 4.78 is 52.8. The van der Waals surface area contributed by atoms with Crippen LogP contribution in [0.4, 0.5) is 13.2 Å². The number of benzene rings is 1. The van der Waals surface area contributed by atoms with E-state index in [0.29, 0.717) is 5.75 Å². The van der Waals surface area contributed by atoms with Crippen molar-refractivity contribution in [2.24, 2.45) is 5.73 Å². The minimum absolute atomic E-state index is 0.0315. The van der Waals surface area contributed by atoms with Crippen molar-refractivity contribution < 1.29 is 27.4 Å². The molecule has 0 bridgehead atoms. The summed E-state index contributed by atoms with van der Waals surface area (Å²) in [6.07, 6.45) is -4.59. The van der Waals surface area contributed by atoms with Gasteiger partial charge >= 0.3 is 6.18 Å². The minimum Gasteiger partial charge on any atom is -0.496 e. The lowest BCUT2D eigenvalue weighted by molar-refractivity contribution is -0.149. The Morgan fingerprint density at radius 3 is 1.72 bits per heavy atom. The van der Waals surface area contributed by atoms with Gasteiger partial charge in [-0.05, 0) is 0 Å². The van der Waals surface area contributed by atoms with Gasteiger partial charge in [0.05, 0.1) is 26.9 Å². The molecule has 0 aliphatic heterocycles. The van der Waals surface area contributed by atoms with E-state index in [-0.39, 0.29) is 17.1 Å². The number of rotatable bonds is 4. The molecule has 0 aliphatic carbocycles. The molecule has 0 fully saturated rings. The third-order valence-corrected chi connectivity index (χ3v) is 2.42. The van der Waals surface area contributed by atoms with Crippen molar-refractivity contribution in [1.29, 1.82) is 0 Å². The molecule has 0 amide bonds. The fraction of sp³-hybridized carbons (Fsp3) is 0.455. The predicted octanol–water partition coefficient (Wildman–Crippen LogP) is 2.27. The van der Waals surface area contributed by atoms with Gasteiger partial charge in [-0.2, -0.15) is 13.2 Å². The number of methoxy groups -OCH3 is 3. The second kappa shape index (κ2) is 5.34. The lowest BCUT2D eigenvalue weighted by Crippen LogP contribution is -2.29. The number of ether oxygens (including phenoxy) is 3. The van der Waals surface area contributed by atoms with E-state index in [2.05, 4.69) is 0 Å². The molecule has 0 spiro atoms. The molecule has 0 heterocycles. The van der Waals surface area contributed by atoms with Gasteiger partial charge in [0.15, 0.2) is 0 Å². The molecule has 18 heavy (non-hydrogen) atoms. The summed E-state index contributed by atoms with van der Waals surface area (Å²) in [6, 6.07) is 0.459. The molecule has 0 aromatic heterocycles. The van der Waals surface area contributed by atoms with E-state index in [1.807, 2.05) is 0 Å². The van der Waals surface area contributed by atoms with Crippen molar-refractivity contribution in [3.63, 3.8) is 0 Å². The zero-order valence-electron chi connectivity index (χ0n) is 10.2. The zero-order valence-corrected chi connectivity index (χ0v) is 10.2. The van der Waals surface area contributed by atoms with Crippen LogP contribution in [0, 0.1) is 0 Å². The molecular formula is C11H14F3NO3. The summed E-state index contributed by atoms with van der Waals surface area (Å²) in [5.41, 5.74) is 4.93. The SMILES string of the molecule is COc1cc(OC)c([C@H](N)C(F)(F)F)c(OC)c1. The predicted molar refractivity (Wildman–Crippen MR) is 59.1 cm³/mol. The molecule has 1 atom stereocenters. The summed E-state index contributed by atoms with van der Waals surface area (Å²) in [4.78, 5) is 0. The van der Waals surface area contributed by atoms with Crippen LogP contribution in [0.2, 0.25) is 0 Å². The summed E-state index contributed by atoms with van der Waals surface area (Å²) in [5.74, 6) is 0.258. The Morgan fingerprint density at radius 1 is 1.00 bits per heavy atom. The molecular weight excluding hydrogens is 251 g/mol. The van der Waals surface area contributed by atoms with Crippen molar-refractivity contribution in [1.82, 2.24) is 0 Å². The maximum atomic E-state index is 12.7. The molecule has 0 saturated carbocycles. The smallest absolute Gasteiger partial charge is 0.407 e. The average Bonchev–Trinajstić information content (AvgIpc) is 2.34. The van der Waals surface area contributed by atoms with Gasteiger partial charge < -0.3 is 19.9 Å². The van der Waals surface area contributed by atoms with Gasteiger partial charge in [-0.3, -0.25) is 0 Å². The van der Waals surface area contributed by atoms with Crippen LogP contribution in [0.3, 0.4) is 0 Å². The van der Waals surface area contributed by atoms with E-state index in [1.54, 1.807) is 0 Å². The molecule has 4 nitrogen and oxygen atoms in total. The monoisotopic (exact) mass is 265 g/mol. The van der Waals surface area contributed by atoms with E-state index in [1.165, 1.54) is 33.5 Å². The van der Waals surface area contributed by atoms with Crippen LogP contribution in [0.15, 0.2) is 12.1 Å². The number of hydrogen-bond acceptors (Lipinski definition) is 4. The molecule has 1 aromatic rings. The van der Waals surface area contributed by atoms with Crippen LogP contribution in [0.25, 0.3) is 0 Å². The van der Waals surface area contributed by atoms with Crippen LogP contribution in [0.1, 0.15) is 11.6 Å². The van der Waals surface area contributed by atoms with Crippen molar-refractivity contribution in [3.8, 4) is 17.2 Å². The molecule has 0 unspecified atom stereocenters. The highest BCUT2D eigenvalue weighted by Crippen LogP contribution is 2.43. The standard InChI is InChI=1S/C11H14F3NO3/c1-16-6-4-7(17-2)9(8(5-6)18-3)10(15)11(12,13)14/h4-5,10H,15H2,1-3H3/t10-/m0/s1. The van der Waals surface area contributed by atoms with E-state index < -0.39 is 12.2 Å². The molecule has 1 aromatic carbocycles. The quantitative estimate of drug-likeness (QED) is 0.907.